The summed E-state index contributed by atoms with van der Waals surface area (Å²) in [5.74, 6) is -1.94. The monoisotopic (exact) mass is 487 g/mol. The average molecular weight is 488 g/mol. The second-order valence-corrected chi connectivity index (χ2v) is 9.49. The number of amides is 1. The maximum absolute atomic E-state index is 14.1. The summed E-state index contributed by atoms with van der Waals surface area (Å²) in [6, 6.07) is 3.43. The first-order valence-electron chi connectivity index (χ1n) is 11.9. The van der Waals surface area contributed by atoms with Crippen molar-refractivity contribution in [3.05, 3.63) is 70.3 Å². The van der Waals surface area contributed by atoms with E-state index in [1.165, 1.54) is 18.2 Å². The molecule has 0 saturated heterocycles. The summed E-state index contributed by atoms with van der Waals surface area (Å²) in [5, 5.41) is 15.8. The maximum atomic E-state index is 14.1. The number of carbonyl (C=O) groups is 2. The molecule has 2 N–H and O–H groups in total. The van der Waals surface area contributed by atoms with E-state index in [0.717, 1.165) is 18.4 Å². The second kappa shape index (κ2) is 10.2. The van der Waals surface area contributed by atoms with Crippen LogP contribution in [0.15, 0.2) is 53.1 Å². The molecule has 1 aromatic carbocycles. The van der Waals surface area contributed by atoms with Crippen LogP contribution in [0.25, 0.3) is 0 Å². The number of nitrogens with one attached hydrogen (secondary N) is 1. The molecule has 1 fully saturated rings. The van der Waals surface area contributed by atoms with Crippen molar-refractivity contribution in [2.75, 3.05) is 13.6 Å². The number of allylic oxidation sites excluding steroid dienone is 3. The number of hydrazine groups is 1. The van der Waals surface area contributed by atoms with Crippen LogP contribution in [-0.4, -0.2) is 46.6 Å². The molecule has 0 spiro atoms. The van der Waals surface area contributed by atoms with Crippen molar-refractivity contribution in [2.24, 2.45) is 11.8 Å². The first-order valence-corrected chi connectivity index (χ1v) is 11.9. The molecule has 35 heavy (non-hydrogen) atoms. The van der Waals surface area contributed by atoms with E-state index >= 15 is 0 Å². The maximum Gasteiger partial charge on any atom is 0.306 e. The summed E-state index contributed by atoms with van der Waals surface area (Å²) in [4.78, 5) is 24.4. The van der Waals surface area contributed by atoms with Gasteiger partial charge in [0.2, 0.25) is 5.88 Å². The number of carboxylic acid groups (broad SMARTS) is 1. The van der Waals surface area contributed by atoms with Crippen molar-refractivity contribution in [2.45, 2.75) is 52.2 Å². The molecular formula is C26H31F2N3O4. The van der Waals surface area contributed by atoms with Gasteiger partial charge in [-0.1, -0.05) is 6.07 Å². The summed E-state index contributed by atoms with van der Waals surface area (Å²) in [7, 11) is 1.83. The van der Waals surface area contributed by atoms with Crippen LogP contribution in [0.4, 0.5) is 8.78 Å². The summed E-state index contributed by atoms with van der Waals surface area (Å²) >= 11 is 0. The van der Waals surface area contributed by atoms with Gasteiger partial charge in [0.25, 0.3) is 5.91 Å². The molecule has 1 aliphatic carbocycles. The minimum absolute atomic E-state index is 0.156. The zero-order valence-corrected chi connectivity index (χ0v) is 20.2. The molecule has 9 heteroatoms. The fraction of sp³-hybridized carbons (Fsp3) is 0.462. The van der Waals surface area contributed by atoms with E-state index in [9.17, 15) is 23.5 Å². The Hall–Kier alpha value is -3.20. The molecule has 1 unspecified atom stereocenters. The smallest absolute Gasteiger partial charge is 0.306 e. The highest BCUT2D eigenvalue weighted by Gasteiger charge is 2.40. The molecule has 2 aliphatic heterocycles. The molecule has 7 nitrogen and oxygen atoms in total. The molecule has 2 heterocycles. The fourth-order valence-electron chi connectivity index (χ4n) is 4.96. The van der Waals surface area contributed by atoms with Crippen LogP contribution in [0.5, 0.6) is 0 Å². The SMILES string of the molecule is CC1=CC2=C(C(=O)NC[C@H]3CC[C@H](C(=O)O)CC3)C(C)N(C)N2C(OCc2c(F)cccc2F)=C1. The molecular weight excluding hydrogens is 456 g/mol. The van der Waals surface area contributed by atoms with Gasteiger partial charge < -0.3 is 15.2 Å². The standard InChI is InChI=1S/C26H31F2N3O4/c1-15-11-22-24(25(32)29-13-17-7-9-18(10-8-17)26(33)34)16(2)30(3)31(22)23(12-15)35-14-19-20(27)5-4-6-21(19)28/h4-6,11-12,16-18H,7-10,13-14H2,1-3H3,(H,29,32)(H,33,34)/t16?,17-,18-. The summed E-state index contributed by atoms with van der Waals surface area (Å²) < 4.78 is 34.0. The summed E-state index contributed by atoms with van der Waals surface area (Å²) in [6.45, 7) is 3.99. The van der Waals surface area contributed by atoms with Gasteiger partial charge in [0.05, 0.1) is 28.8 Å². The van der Waals surface area contributed by atoms with E-state index in [1.54, 1.807) is 11.1 Å². The van der Waals surface area contributed by atoms with Crippen molar-refractivity contribution < 1.29 is 28.2 Å². The summed E-state index contributed by atoms with van der Waals surface area (Å²) in [5.41, 5.74) is 1.94. The van der Waals surface area contributed by atoms with Gasteiger partial charge in [-0.25, -0.2) is 18.8 Å². The summed E-state index contributed by atoms with van der Waals surface area (Å²) in [6.07, 6.45) is 6.48. The Balaban J connectivity index is 1.47. The predicted molar refractivity (Wildman–Crippen MR) is 125 cm³/mol. The highest BCUT2D eigenvalue weighted by molar-refractivity contribution is 5.96. The largest absolute Gasteiger partial charge is 0.481 e. The Morgan fingerprint density at radius 3 is 2.43 bits per heavy atom. The van der Waals surface area contributed by atoms with Crippen molar-refractivity contribution >= 4 is 11.9 Å². The van der Waals surface area contributed by atoms with Crippen LogP contribution in [0, 0.1) is 23.5 Å². The Labute approximate surface area is 203 Å². The van der Waals surface area contributed by atoms with Crippen molar-refractivity contribution in [1.29, 1.82) is 0 Å². The lowest BCUT2D eigenvalue weighted by molar-refractivity contribution is -0.143. The van der Waals surface area contributed by atoms with Crippen LogP contribution >= 0.6 is 0 Å². The molecule has 1 atom stereocenters. The van der Waals surface area contributed by atoms with Crippen molar-refractivity contribution in [3.8, 4) is 0 Å². The van der Waals surface area contributed by atoms with Gasteiger partial charge in [0.15, 0.2) is 0 Å². The van der Waals surface area contributed by atoms with E-state index in [-0.39, 0.29) is 36.0 Å². The number of benzene rings is 1. The van der Waals surface area contributed by atoms with Gasteiger partial charge in [0.1, 0.15) is 18.2 Å². The normalized spacial score (nSPS) is 24.6. The lowest BCUT2D eigenvalue weighted by Crippen LogP contribution is -2.40. The van der Waals surface area contributed by atoms with Crippen LogP contribution in [0.1, 0.15) is 45.1 Å². The molecule has 4 rings (SSSR count). The molecule has 0 radical (unpaired) electrons. The zero-order chi connectivity index (χ0) is 25.3. The first-order chi connectivity index (χ1) is 16.7. The number of likely N-dealkylation sites (N-methyl/N-ethyl adjacent to an activating group) is 1. The minimum atomic E-state index is -0.745. The van der Waals surface area contributed by atoms with Gasteiger partial charge in [-0.3, -0.25) is 9.59 Å². The third-order valence-electron chi connectivity index (χ3n) is 7.14. The van der Waals surface area contributed by atoms with E-state index in [4.69, 9.17) is 4.74 Å². The molecule has 0 bridgehead atoms. The number of fused-ring (bicyclic) bond motifs is 1. The van der Waals surface area contributed by atoms with Crippen LogP contribution in [-0.2, 0) is 20.9 Å². The Morgan fingerprint density at radius 1 is 1.14 bits per heavy atom. The van der Waals surface area contributed by atoms with Gasteiger partial charge in [-0.05, 0) is 69.2 Å². The molecule has 1 aromatic rings. The van der Waals surface area contributed by atoms with E-state index in [0.29, 0.717) is 36.5 Å². The number of carbonyl (C=O) groups excluding carboxylic acids is 1. The van der Waals surface area contributed by atoms with Gasteiger partial charge in [-0.15, -0.1) is 0 Å². The van der Waals surface area contributed by atoms with Crippen LogP contribution in [0.2, 0.25) is 0 Å². The highest BCUT2D eigenvalue weighted by Crippen LogP contribution is 2.37. The minimum Gasteiger partial charge on any atom is -0.481 e. The number of carboxylic acids is 1. The Kier molecular flexibility index (Phi) is 7.25. The first kappa shape index (κ1) is 24.9. The lowest BCUT2D eigenvalue weighted by atomic mass is 9.82. The van der Waals surface area contributed by atoms with Crippen molar-refractivity contribution in [1.82, 2.24) is 15.3 Å². The third kappa shape index (κ3) is 5.10. The highest BCUT2D eigenvalue weighted by atomic mass is 19.1. The van der Waals surface area contributed by atoms with Crippen molar-refractivity contribution in [3.63, 3.8) is 0 Å². The number of nitrogens with zero attached hydrogens (tertiary/aromatic N) is 2. The molecule has 188 valence electrons. The zero-order valence-electron chi connectivity index (χ0n) is 20.2. The fourth-order valence-corrected chi connectivity index (χ4v) is 4.96. The second-order valence-electron chi connectivity index (χ2n) is 9.49. The number of aliphatic carboxylic acids is 1. The quantitative estimate of drug-likeness (QED) is 0.603. The van der Waals surface area contributed by atoms with E-state index < -0.39 is 17.6 Å². The molecule has 0 aromatic heterocycles. The number of rotatable bonds is 7. The average Bonchev–Trinajstić information content (AvgIpc) is 3.07. The number of hydrogen-bond donors (Lipinski definition) is 2. The Bertz CT molecular complexity index is 1090. The molecule has 1 saturated carbocycles. The van der Waals surface area contributed by atoms with Gasteiger partial charge in [-0.2, -0.15) is 0 Å². The third-order valence-corrected chi connectivity index (χ3v) is 7.14. The predicted octanol–water partition coefficient (Wildman–Crippen LogP) is 4.09. The number of hydrogen-bond acceptors (Lipinski definition) is 5. The van der Waals surface area contributed by atoms with Crippen LogP contribution in [0.3, 0.4) is 0 Å². The molecule has 1 amide bonds. The van der Waals surface area contributed by atoms with Gasteiger partial charge >= 0.3 is 5.97 Å². The lowest BCUT2D eigenvalue weighted by Gasteiger charge is -2.34. The van der Waals surface area contributed by atoms with Gasteiger partial charge in [0, 0.05) is 19.7 Å². The van der Waals surface area contributed by atoms with E-state index in [2.05, 4.69) is 5.32 Å². The van der Waals surface area contributed by atoms with Crippen LogP contribution < -0.4 is 5.32 Å². The number of halogens is 2. The molecule has 3 aliphatic rings. The van der Waals surface area contributed by atoms with E-state index in [1.807, 2.05) is 32.0 Å². The topological polar surface area (TPSA) is 82.1 Å². The Morgan fingerprint density at radius 2 is 1.80 bits per heavy atom. The number of ether oxygens (including phenoxy) is 1.